The normalized spacial score (nSPS) is 15.2. The Kier molecular flexibility index (Phi) is 6.11. The van der Waals surface area contributed by atoms with Crippen molar-refractivity contribution in [2.24, 2.45) is 0 Å². The Bertz CT molecular complexity index is 745. The number of hydrogen-bond donors (Lipinski definition) is 2. The van der Waals surface area contributed by atoms with Crippen LogP contribution in [-0.4, -0.2) is 33.9 Å². The minimum Gasteiger partial charge on any atom is -0.493 e. The van der Waals surface area contributed by atoms with Gasteiger partial charge in [0.2, 0.25) is 5.75 Å². The minimum atomic E-state index is -0.243. The van der Waals surface area contributed by atoms with Gasteiger partial charge in [-0.3, -0.25) is 0 Å². The molecule has 0 unspecified atom stereocenters. The van der Waals surface area contributed by atoms with Gasteiger partial charge in [-0.15, -0.1) is 11.3 Å². The molecule has 0 radical (unpaired) electrons. The number of carbonyl (C=O) groups excluding carboxylic acids is 1. The van der Waals surface area contributed by atoms with E-state index >= 15 is 0 Å². The van der Waals surface area contributed by atoms with Gasteiger partial charge in [0.15, 0.2) is 11.5 Å². The highest BCUT2D eigenvalue weighted by Gasteiger charge is 2.36. The highest BCUT2D eigenvalue weighted by atomic mass is 32.1. The number of benzene rings is 1. The first-order valence-electron chi connectivity index (χ1n) is 9.01. The maximum atomic E-state index is 12.5. The second-order valence-corrected chi connectivity index (χ2v) is 7.63. The molecule has 1 aromatic heterocycles. The van der Waals surface area contributed by atoms with Crippen molar-refractivity contribution in [2.75, 3.05) is 33.2 Å². The van der Waals surface area contributed by atoms with Crippen LogP contribution < -0.4 is 24.8 Å². The van der Waals surface area contributed by atoms with E-state index in [1.54, 1.807) is 44.8 Å². The third kappa shape index (κ3) is 4.13. The average Bonchev–Trinajstić information content (AvgIpc) is 3.38. The van der Waals surface area contributed by atoms with Crippen LogP contribution in [0, 0.1) is 0 Å². The van der Waals surface area contributed by atoms with Crippen molar-refractivity contribution < 1.29 is 19.0 Å². The molecule has 1 fully saturated rings. The quantitative estimate of drug-likeness (QED) is 0.735. The molecule has 1 saturated carbocycles. The number of nitrogens with one attached hydrogen (secondary N) is 2. The predicted molar refractivity (Wildman–Crippen MR) is 108 cm³/mol. The summed E-state index contributed by atoms with van der Waals surface area (Å²) in [7, 11) is 4.64. The Labute approximate surface area is 163 Å². The summed E-state index contributed by atoms with van der Waals surface area (Å²) in [5.74, 6) is 1.49. The number of hydrogen-bond acceptors (Lipinski definition) is 5. The number of amides is 2. The van der Waals surface area contributed by atoms with Crippen LogP contribution in [0.5, 0.6) is 17.2 Å². The standard InChI is InChI=1S/C20H26N2O4S/c1-24-15-11-14(12-16(25-2)18(15)26-3)22-19(23)21-13-20(8-4-5-9-20)17-7-6-10-27-17/h6-7,10-12H,4-5,8-9,13H2,1-3H3,(H2,21,22,23). The minimum absolute atomic E-state index is 0.0563. The summed E-state index contributed by atoms with van der Waals surface area (Å²) in [4.78, 5) is 13.9. The van der Waals surface area contributed by atoms with E-state index < -0.39 is 0 Å². The number of ether oxygens (including phenoxy) is 3. The van der Waals surface area contributed by atoms with Crippen molar-refractivity contribution in [3.63, 3.8) is 0 Å². The Morgan fingerprint density at radius 3 is 2.30 bits per heavy atom. The lowest BCUT2D eigenvalue weighted by Crippen LogP contribution is -2.40. The lowest BCUT2D eigenvalue weighted by Gasteiger charge is -2.28. The van der Waals surface area contributed by atoms with E-state index in [-0.39, 0.29) is 11.4 Å². The summed E-state index contributed by atoms with van der Waals surface area (Å²) in [6.45, 7) is 0.629. The van der Waals surface area contributed by atoms with Gasteiger partial charge in [-0.05, 0) is 24.3 Å². The fourth-order valence-corrected chi connectivity index (χ4v) is 4.71. The zero-order valence-electron chi connectivity index (χ0n) is 16.0. The molecule has 146 valence electrons. The molecule has 1 aliphatic rings. The van der Waals surface area contributed by atoms with E-state index in [0.29, 0.717) is 29.5 Å². The van der Waals surface area contributed by atoms with Crippen molar-refractivity contribution >= 4 is 23.1 Å². The highest BCUT2D eigenvalue weighted by molar-refractivity contribution is 7.10. The largest absolute Gasteiger partial charge is 0.493 e. The summed E-state index contributed by atoms with van der Waals surface area (Å²) in [5.41, 5.74) is 0.638. The topological polar surface area (TPSA) is 68.8 Å². The van der Waals surface area contributed by atoms with Crippen LogP contribution in [0.4, 0.5) is 10.5 Å². The third-order valence-electron chi connectivity index (χ3n) is 5.11. The lowest BCUT2D eigenvalue weighted by molar-refractivity contribution is 0.248. The highest BCUT2D eigenvalue weighted by Crippen LogP contribution is 2.43. The molecule has 0 atom stereocenters. The van der Waals surface area contributed by atoms with E-state index in [2.05, 4.69) is 28.1 Å². The first kappa shape index (κ1) is 19.4. The molecule has 0 bridgehead atoms. The summed E-state index contributed by atoms with van der Waals surface area (Å²) >= 11 is 1.77. The molecule has 0 spiro atoms. The smallest absolute Gasteiger partial charge is 0.319 e. The molecule has 2 N–H and O–H groups in total. The van der Waals surface area contributed by atoms with Gasteiger partial charge in [0.05, 0.1) is 27.0 Å². The molecule has 6 nitrogen and oxygen atoms in total. The van der Waals surface area contributed by atoms with Crippen LogP contribution in [0.3, 0.4) is 0 Å². The van der Waals surface area contributed by atoms with E-state index in [4.69, 9.17) is 14.2 Å². The van der Waals surface area contributed by atoms with Gasteiger partial charge < -0.3 is 24.8 Å². The van der Waals surface area contributed by atoms with Crippen LogP contribution >= 0.6 is 11.3 Å². The van der Waals surface area contributed by atoms with Gasteiger partial charge in [-0.2, -0.15) is 0 Å². The molecule has 0 saturated heterocycles. The first-order chi connectivity index (χ1) is 13.1. The van der Waals surface area contributed by atoms with Gasteiger partial charge in [0.25, 0.3) is 0 Å². The summed E-state index contributed by atoms with van der Waals surface area (Å²) < 4.78 is 16.0. The molecular formula is C20H26N2O4S. The molecular weight excluding hydrogens is 364 g/mol. The Morgan fingerprint density at radius 1 is 1.11 bits per heavy atom. The SMILES string of the molecule is COc1cc(NC(=O)NCC2(c3cccs3)CCCC2)cc(OC)c1OC. The van der Waals surface area contributed by atoms with Crippen molar-refractivity contribution in [1.82, 2.24) is 5.32 Å². The lowest BCUT2D eigenvalue weighted by atomic mass is 9.84. The molecule has 1 heterocycles. The maximum absolute atomic E-state index is 12.5. The molecule has 2 amide bonds. The van der Waals surface area contributed by atoms with Crippen molar-refractivity contribution in [3.8, 4) is 17.2 Å². The fourth-order valence-electron chi connectivity index (χ4n) is 3.72. The van der Waals surface area contributed by atoms with Gasteiger partial charge in [0, 0.05) is 29.0 Å². The molecule has 1 aliphatic carbocycles. The number of rotatable bonds is 7. The van der Waals surface area contributed by atoms with Crippen LogP contribution in [-0.2, 0) is 5.41 Å². The van der Waals surface area contributed by atoms with Crippen molar-refractivity contribution in [1.29, 1.82) is 0 Å². The van der Waals surface area contributed by atoms with E-state index in [1.807, 2.05) is 0 Å². The number of methoxy groups -OCH3 is 3. The van der Waals surface area contributed by atoms with Gasteiger partial charge in [0.1, 0.15) is 0 Å². The Balaban J connectivity index is 1.69. The zero-order valence-corrected chi connectivity index (χ0v) is 16.8. The number of carbonyl (C=O) groups is 1. The second kappa shape index (κ2) is 8.52. The van der Waals surface area contributed by atoms with Gasteiger partial charge in [-0.25, -0.2) is 4.79 Å². The second-order valence-electron chi connectivity index (χ2n) is 6.69. The van der Waals surface area contributed by atoms with Gasteiger partial charge in [-0.1, -0.05) is 18.9 Å². The Morgan fingerprint density at radius 2 is 1.78 bits per heavy atom. The van der Waals surface area contributed by atoms with Crippen molar-refractivity contribution in [2.45, 2.75) is 31.1 Å². The van der Waals surface area contributed by atoms with E-state index in [9.17, 15) is 4.79 Å². The van der Waals surface area contributed by atoms with Crippen molar-refractivity contribution in [3.05, 3.63) is 34.5 Å². The molecule has 3 rings (SSSR count). The predicted octanol–water partition coefficient (Wildman–Crippen LogP) is 4.41. The van der Waals surface area contributed by atoms with Crippen LogP contribution in [0.2, 0.25) is 0 Å². The van der Waals surface area contributed by atoms with E-state index in [1.165, 1.54) is 17.7 Å². The molecule has 1 aromatic carbocycles. The van der Waals surface area contributed by atoms with Crippen LogP contribution in [0.1, 0.15) is 30.6 Å². The molecule has 0 aliphatic heterocycles. The van der Waals surface area contributed by atoms with E-state index in [0.717, 1.165) is 12.8 Å². The zero-order chi connectivity index (χ0) is 19.3. The van der Waals surface area contributed by atoms with Crippen LogP contribution in [0.25, 0.3) is 0 Å². The number of anilines is 1. The average molecular weight is 391 g/mol. The first-order valence-corrected chi connectivity index (χ1v) is 9.88. The summed E-state index contributed by atoms with van der Waals surface area (Å²) in [6.07, 6.45) is 4.62. The monoisotopic (exact) mass is 390 g/mol. The van der Waals surface area contributed by atoms with Crippen LogP contribution in [0.15, 0.2) is 29.6 Å². The number of thiophene rings is 1. The summed E-state index contributed by atoms with van der Waals surface area (Å²) in [5, 5.41) is 8.02. The summed E-state index contributed by atoms with van der Waals surface area (Å²) in [6, 6.07) is 7.44. The Hall–Kier alpha value is -2.41. The molecule has 7 heteroatoms. The maximum Gasteiger partial charge on any atom is 0.319 e. The molecule has 2 aromatic rings. The third-order valence-corrected chi connectivity index (χ3v) is 6.23. The molecule has 27 heavy (non-hydrogen) atoms. The van der Waals surface area contributed by atoms with Gasteiger partial charge >= 0.3 is 6.03 Å². The fraction of sp³-hybridized carbons (Fsp3) is 0.450. The number of urea groups is 1.